The Bertz CT molecular complexity index is 579. The number of carbonyl (C=O) groups excluding carboxylic acids is 2. The van der Waals surface area contributed by atoms with Crippen molar-refractivity contribution >= 4 is 23.3 Å². The smallest absolute Gasteiger partial charge is 0.324 e. The third kappa shape index (κ3) is 3.80. The third-order valence-electron chi connectivity index (χ3n) is 4.71. The van der Waals surface area contributed by atoms with Gasteiger partial charge in [0, 0.05) is 37.6 Å². The molecular formula is C18H26N4O2. The van der Waals surface area contributed by atoms with Crippen molar-refractivity contribution in [2.75, 3.05) is 36.4 Å². The van der Waals surface area contributed by atoms with Gasteiger partial charge >= 0.3 is 6.03 Å². The van der Waals surface area contributed by atoms with Gasteiger partial charge in [0.15, 0.2) is 0 Å². The van der Waals surface area contributed by atoms with E-state index in [-0.39, 0.29) is 11.9 Å². The summed E-state index contributed by atoms with van der Waals surface area (Å²) in [4.78, 5) is 27.6. The van der Waals surface area contributed by atoms with E-state index in [1.54, 1.807) is 6.92 Å². The molecule has 6 nitrogen and oxygen atoms in total. The van der Waals surface area contributed by atoms with E-state index in [9.17, 15) is 9.59 Å². The lowest BCUT2D eigenvalue weighted by Gasteiger charge is -2.23. The second-order valence-corrected chi connectivity index (χ2v) is 6.54. The molecule has 1 aromatic rings. The Morgan fingerprint density at radius 1 is 1.08 bits per heavy atom. The largest absolute Gasteiger partial charge is 0.374 e. The number of benzene rings is 1. The van der Waals surface area contributed by atoms with Gasteiger partial charge in [0.2, 0.25) is 0 Å². The van der Waals surface area contributed by atoms with E-state index in [4.69, 9.17) is 0 Å². The minimum Gasteiger partial charge on any atom is -0.374 e. The Labute approximate surface area is 143 Å². The number of amides is 3. The number of nitrogens with one attached hydrogen (secondary N) is 2. The maximum atomic E-state index is 12.3. The molecule has 0 aromatic heterocycles. The van der Waals surface area contributed by atoms with Gasteiger partial charge in [-0.2, -0.15) is 0 Å². The molecular weight excluding hydrogens is 304 g/mol. The van der Waals surface area contributed by atoms with Gasteiger partial charge in [-0.25, -0.2) is 4.79 Å². The fourth-order valence-electron chi connectivity index (χ4n) is 3.32. The van der Waals surface area contributed by atoms with Crippen LogP contribution in [0.2, 0.25) is 0 Å². The molecule has 3 rings (SSSR count). The highest BCUT2D eigenvalue weighted by Crippen LogP contribution is 2.22. The molecule has 1 aromatic carbocycles. The van der Waals surface area contributed by atoms with E-state index in [2.05, 4.69) is 27.7 Å². The summed E-state index contributed by atoms with van der Waals surface area (Å²) in [7, 11) is 0. The number of hydrogen-bond acceptors (Lipinski definition) is 4. The van der Waals surface area contributed by atoms with E-state index in [1.165, 1.54) is 36.3 Å². The molecule has 2 aliphatic heterocycles. The van der Waals surface area contributed by atoms with Crippen molar-refractivity contribution in [1.82, 2.24) is 10.2 Å². The van der Waals surface area contributed by atoms with Crippen molar-refractivity contribution in [3.8, 4) is 0 Å². The maximum absolute atomic E-state index is 12.3. The molecule has 130 valence electrons. The summed E-state index contributed by atoms with van der Waals surface area (Å²) in [5.41, 5.74) is 2.13. The van der Waals surface area contributed by atoms with Crippen LogP contribution in [0.5, 0.6) is 0 Å². The first kappa shape index (κ1) is 16.6. The van der Waals surface area contributed by atoms with Gasteiger partial charge in [-0.05, 0) is 44.0 Å². The molecule has 0 bridgehead atoms. The van der Waals surface area contributed by atoms with E-state index in [1.807, 2.05) is 12.1 Å². The Kier molecular flexibility index (Phi) is 5.23. The number of rotatable bonds is 4. The summed E-state index contributed by atoms with van der Waals surface area (Å²) in [6, 6.07) is 7.49. The van der Waals surface area contributed by atoms with Gasteiger partial charge in [-0.15, -0.1) is 0 Å². The van der Waals surface area contributed by atoms with Crippen LogP contribution in [0.1, 0.15) is 32.6 Å². The quantitative estimate of drug-likeness (QED) is 0.890. The Balaban J connectivity index is 1.59. The van der Waals surface area contributed by atoms with Gasteiger partial charge in [0.25, 0.3) is 5.91 Å². The summed E-state index contributed by atoms with van der Waals surface area (Å²) in [6.07, 6.45) is 5.15. The van der Waals surface area contributed by atoms with E-state index in [0.717, 1.165) is 18.8 Å². The fourth-order valence-corrected chi connectivity index (χ4v) is 3.32. The third-order valence-corrected chi connectivity index (χ3v) is 4.71. The first-order valence-electron chi connectivity index (χ1n) is 8.86. The molecule has 1 atom stereocenters. The molecule has 0 aliphatic carbocycles. The molecule has 0 radical (unpaired) electrons. The van der Waals surface area contributed by atoms with Crippen molar-refractivity contribution in [1.29, 1.82) is 0 Å². The van der Waals surface area contributed by atoms with Gasteiger partial charge in [0.05, 0.1) is 0 Å². The van der Waals surface area contributed by atoms with Gasteiger partial charge in [-0.3, -0.25) is 9.69 Å². The zero-order valence-electron chi connectivity index (χ0n) is 14.3. The topological polar surface area (TPSA) is 64.7 Å². The van der Waals surface area contributed by atoms with Crippen molar-refractivity contribution in [3.05, 3.63) is 24.3 Å². The predicted molar refractivity (Wildman–Crippen MR) is 95.3 cm³/mol. The Hall–Kier alpha value is -2.24. The van der Waals surface area contributed by atoms with Crippen LogP contribution in [0.15, 0.2) is 24.3 Å². The lowest BCUT2D eigenvalue weighted by atomic mass is 10.2. The number of urea groups is 1. The van der Waals surface area contributed by atoms with Crippen LogP contribution < -0.4 is 15.5 Å². The molecule has 2 aliphatic rings. The zero-order chi connectivity index (χ0) is 16.9. The number of imide groups is 1. The van der Waals surface area contributed by atoms with Crippen LogP contribution in [0.3, 0.4) is 0 Å². The second kappa shape index (κ2) is 7.55. The standard InChI is InChI=1S/C18H26N4O2/c1-14(17(23)22-13-10-19-18(22)24)20-15-6-8-16(9-7-15)21-11-4-2-3-5-12-21/h6-9,14,20H,2-5,10-13H2,1H3,(H,19,24)/t14-/m0/s1. The molecule has 2 N–H and O–H groups in total. The van der Waals surface area contributed by atoms with E-state index < -0.39 is 6.04 Å². The zero-order valence-corrected chi connectivity index (χ0v) is 14.3. The van der Waals surface area contributed by atoms with Crippen molar-refractivity contribution < 1.29 is 9.59 Å². The second-order valence-electron chi connectivity index (χ2n) is 6.54. The highest BCUT2D eigenvalue weighted by molar-refractivity contribution is 5.99. The van der Waals surface area contributed by atoms with Gasteiger partial charge in [0.1, 0.15) is 6.04 Å². The summed E-state index contributed by atoms with van der Waals surface area (Å²) in [6.45, 7) is 4.99. The number of hydrogen-bond donors (Lipinski definition) is 2. The van der Waals surface area contributed by atoms with Crippen molar-refractivity contribution in [2.24, 2.45) is 0 Å². The Morgan fingerprint density at radius 2 is 1.75 bits per heavy atom. The van der Waals surface area contributed by atoms with Crippen LogP contribution in [-0.4, -0.2) is 49.1 Å². The fraction of sp³-hybridized carbons (Fsp3) is 0.556. The molecule has 0 spiro atoms. The van der Waals surface area contributed by atoms with Crippen LogP contribution >= 0.6 is 0 Å². The molecule has 3 amide bonds. The molecule has 0 saturated carbocycles. The normalized spacial score (nSPS) is 19.6. The van der Waals surface area contributed by atoms with Crippen LogP contribution in [0.25, 0.3) is 0 Å². The lowest BCUT2D eigenvalue weighted by molar-refractivity contribution is -0.128. The van der Waals surface area contributed by atoms with Gasteiger partial charge in [-0.1, -0.05) is 12.8 Å². The average Bonchev–Trinajstić information content (AvgIpc) is 2.85. The average molecular weight is 330 g/mol. The molecule has 0 unspecified atom stereocenters. The SMILES string of the molecule is C[C@H](Nc1ccc(N2CCCCCC2)cc1)C(=O)N1CCNC1=O. The minimum atomic E-state index is -0.433. The molecule has 6 heteroatoms. The Morgan fingerprint density at radius 3 is 2.33 bits per heavy atom. The highest BCUT2D eigenvalue weighted by Gasteiger charge is 2.29. The molecule has 2 heterocycles. The highest BCUT2D eigenvalue weighted by atomic mass is 16.2. The lowest BCUT2D eigenvalue weighted by Crippen LogP contribution is -2.43. The molecule has 2 fully saturated rings. The van der Waals surface area contributed by atoms with E-state index in [0.29, 0.717) is 13.1 Å². The first-order valence-corrected chi connectivity index (χ1v) is 8.86. The summed E-state index contributed by atoms with van der Waals surface area (Å²) < 4.78 is 0. The van der Waals surface area contributed by atoms with Gasteiger partial charge < -0.3 is 15.5 Å². The van der Waals surface area contributed by atoms with Crippen molar-refractivity contribution in [2.45, 2.75) is 38.6 Å². The minimum absolute atomic E-state index is 0.193. The number of carbonyl (C=O) groups is 2. The summed E-state index contributed by atoms with van der Waals surface area (Å²) >= 11 is 0. The van der Waals surface area contributed by atoms with Crippen LogP contribution in [0, 0.1) is 0 Å². The number of nitrogens with zero attached hydrogens (tertiary/aromatic N) is 2. The summed E-state index contributed by atoms with van der Waals surface area (Å²) in [5, 5.41) is 5.84. The van der Waals surface area contributed by atoms with Crippen LogP contribution in [0.4, 0.5) is 16.2 Å². The summed E-state index contributed by atoms with van der Waals surface area (Å²) in [5.74, 6) is -0.193. The number of anilines is 2. The molecule has 2 saturated heterocycles. The van der Waals surface area contributed by atoms with Crippen molar-refractivity contribution in [3.63, 3.8) is 0 Å². The monoisotopic (exact) mass is 330 g/mol. The predicted octanol–water partition coefficient (Wildman–Crippen LogP) is 2.42. The molecule has 24 heavy (non-hydrogen) atoms. The van der Waals surface area contributed by atoms with Crippen LogP contribution in [-0.2, 0) is 4.79 Å². The maximum Gasteiger partial charge on any atom is 0.324 e. The van der Waals surface area contributed by atoms with E-state index >= 15 is 0 Å². The first-order chi connectivity index (χ1) is 11.6.